The fraction of sp³-hybridized carbons (Fsp3) is 0.385. The lowest BCUT2D eigenvalue weighted by atomic mass is 10.2. The number of nitrogens with one attached hydrogen (secondary N) is 1. The fourth-order valence-corrected chi connectivity index (χ4v) is 1.61. The highest BCUT2D eigenvalue weighted by atomic mass is 35.5. The number of rotatable bonds is 4. The van der Waals surface area contributed by atoms with Crippen molar-refractivity contribution in [2.45, 2.75) is 32.9 Å². The van der Waals surface area contributed by atoms with Gasteiger partial charge in [0.15, 0.2) is 6.10 Å². The van der Waals surface area contributed by atoms with Crippen molar-refractivity contribution in [2.75, 3.05) is 0 Å². The highest BCUT2D eigenvalue weighted by Gasteiger charge is 2.19. The first kappa shape index (κ1) is 15.8. The number of hydrogen-bond acceptors (Lipinski definition) is 3. The monoisotopic (exact) mass is 303 g/mol. The molecule has 1 atom stereocenters. The first-order chi connectivity index (χ1) is 8.81. The quantitative estimate of drug-likeness (QED) is 0.870. The Hall–Kier alpha value is -1.26. The van der Waals surface area contributed by atoms with E-state index >= 15 is 0 Å². The molecule has 0 aliphatic carbocycles. The minimum Gasteiger partial charge on any atom is -0.449 e. The molecule has 1 rings (SSSR count). The molecule has 0 bridgehead atoms. The van der Waals surface area contributed by atoms with Gasteiger partial charge in [0.1, 0.15) is 0 Å². The highest BCUT2D eigenvalue weighted by Crippen LogP contribution is 2.23. The van der Waals surface area contributed by atoms with Crippen LogP contribution in [0.3, 0.4) is 0 Å². The van der Waals surface area contributed by atoms with Crippen molar-refractivity contribution >= 4 is 35.1 Å². The molecule has 1 amide bonds. The van der Waals surface area contributed by atoms with Gasteiger partial charge in [0.25, 0.3) is 5.91 Å². The summed E-state index contributed by atoms with van der Waals surface area (Å²) in [7, 11) is 0. The van der Waals surface area contributed by atoms with Crippen LogP contribution < -0.4 is 5.32 Å². The summed E-state index contributed by atoms with van der Waals surface area (Å²) >= 11 is 11.6. The van der Waals surface area contributed by atoms with Crippen LogP contribution in [0.15, 0.2) is 18.2 Å². The van der Waals surface area contributed by atoms with Crippen molar-refractivity contribution < 1.29 is 14.3 Å². The molecule has 0 radical (unpaired) electrons. The summed E-state index contributed by atoms with van der Waals surface area (Å²) in [5, 5.41) is 3.27. The zero-order valence-corrected chi connectivity index (χ0v) is 12.4. The maximum Gasteiger partial charge on any atom is 0.338 e. The molecular formula is C13H15Cl2NO3. The lowest BCUT2D eigenvalue weighted by Gasteiger charge is -2.15. The van der Waals surface area contributed by atoms with Crippen molar-refractivity contribution in [3.8, 4) is 0 Å². The molecule has 0 unspecified atom stereocenters. The summed E-state index contributed by atoms with van der Waals surface area (Å²) in [6.07, 6.45) is -0.871. The number of halogens is 2. The molecule has 19 heavy (non-hydrogen) atoms. The third kappa shape index (κ3) is 4.73. The lowest BCUT2D eigenvalue weighted by molar-refractivity contribution is -0.129. The second-order valence-corrected chi connectivity index (χ2v) is 5.15. The molecule has 1 N–H and O–H groups in total. The average Bonchev–Trinajstić information content (AvgIpc) is 2.31. The van der Waals surface area contributed by atoms with Crippen LogP contribution in [0.25, 0.3) is 0 Å². The van der Waals surface area contributed by atoms with E-state index in [4.69, 9.17) is 27.9 Å². The summed E-state index contributed by atoms with van der Waals surface area (Å²) in [5.41, 5.74) is 0.249. The first-order valence-electron chi connectivity index (χ1n) is 5.77. The number of benzene rings is 1. The molecule has 4 nitrogen and oxygen atoms in total. The van der Waals surface area contributed by atoms with Gasteiger partial charge in [-0.2, -0.15) is 0 Å². The van der Waals surface area contributed by atoms with Crippen LogP contribution in [0.5, 0.6) is 0 Å². The Morgan fingerprint density at radius 1 is 1.16 bits per heavy atom. The summed E-state index contributed by atoms with van der Waals surface area (Å²) in [6, 6.07) is 4.38. The number of hydrogen-bond donors (Lipinski definition) is 1. The molecule has 0 aromatic heterocycles. The molecule has 0 fully saturated rings. The van der Waals surface area contributed by atoms with Crippen LogP contribution in [0.1, 0.15) is 31.1 Å². The minimum atomic E-state index is -0.871. The van der Waals surface area contributed by atoms with Crippen LogP contribution >= 0.6 is 23.2 Å². The van der Waals surface area contributed by atoms with Crippen molar-refractivity contribution in [2.24, 2.45) is 0 Å². The normalized spacial score (nSPS) is 12.1. The Balaban J connectivity index is 2.68. The van der Waals surface area contributed by atoms with Crippen molar-refractivity contribution in [3.05, 3.63) is 33.8 Å². The second kappa shape index (κ2) is 6.78. The fourth-order valence-electron chi connectivity index (χ4n) is 1.31. The van der Waals surface area contributed by atoms with Crippen LogP contribution in [0.4, 0.5) is 0 Å². The summed E-state index contributed by atoms with van der Waals surface area (Å²) in [5.74, 6) is -0.964. The zero-order chi connectivity index (χ0) is 14.6. The van der Waals surface area contributed by atoms with E-state index in [2.05, 4.69) is 5.32 Å². The molecule has 0 spiro atoms. The van der Waals surface area contributed by atoms with Crippen LogP contribution in [-0.4, -0.2) is 24.0 Å². The van der Waals surface area contributed by atoms with Gasteiger partial charge in [-0.3, -0.25) is 4.79 Å². The smallest absolute Gasteiger partial charge is 0.338 e. The number of carbonyl (C=O) groups excluding carboxylic acids is 2. The number of amides is 1. The largest absolute Gasteiger partial charge is 0.449 e. The molecule has 0 aliphatic heterocycles. The maximum absolute atomic E-state index is 11.8. The summed E-state index contributed by atoms with van der Waals surface area (Å²) in [4.78, 5) is 23.4. The van der Waals surface area contributed by atoms with Crippen LogP contribution in [0, 0.1) is 0 Å². The van der Waals surface area contributed by atoms with Gasteiger partial charge in [0, 0.05) is 6.04 Å². The van der Waals surface area contributed by atoms with Gasteiger partial charge in [-0.05, 0) is 39.0 Å². The maximum atomic E-state index is 11.8. The van der Waals surface area contributed by atoms with Gasteiger partial charge in [0.2, 0.25) is 0 Å². The minimum absolute atomic E-state index is 0.0152. The number of esters is 1. The van der Waals surface area contributed by atoms with Crippen molar-refractivity contribution in [3.63, 3.8) is 0 Å². The SMILES string of the molecule is CC(C)NC(=O)[C@@H](C)OC(=O)c1ccc(Cl)c(Cl)c1. The Kier molecular flexibility index (Phi) is 5.63. The van der Waals surface area contributed by atoms with Gasteiger partial charge >= 0.3 is 5.97 Å². The second-order valence-electron chi connectivity index (χ2n) is 4.34. The topological polar surface area (TPSA) is 55.4 Å². The zero-order valence-electron chi connectivity index (χ0n) is 10.9. The average molecular weight is 304 g/mol. The lowest BCUT2D eigenvalue weighted by Crippen LogP contribution is -2.39. The first-order valence-corrected chi connectivity index (χ1v) is 6.53. The standard InChI is InChI=1S/C13H15Cl2NO3/c1-7(2)16-12(17)8(3)19-13(18)9-4-5-10(14)11(15)6-9/h4-8H,1-3H3,(H,16,17)/t8-/m1/s1. The van der Waals surface area contributed by atoms with Gasteiger partial charge < -0.3 is 10.1 Å². The Bertz CT molecular complexity index is 489. The molecule has 0 heterocycles. The van der Waals surface area contributed by atoms with Crippen molar-refractivity contribution in [1.29, 1.82) is 0 Å². The van der Waals surface area contributed by atoms with Gasteiger partial charge in [0.05, 0.1) is 15.6 Å². The van der Waals surface area contributed by atoms with E-state index in [1.165, 1.54) is 25.1 Å². The molecule has 6 heteroatoms. The van der Waals surface area contributed by atoms with Crippen LogP contribution in [-0.2, 0) is 9.53 Å². The molecular weight excluding hydrogens is 289 g/mol. The van der Waals surface area contributed by atoms with E-state index in [0.717, 1.165) is 0 Å². The Morgan fingerprint density at radius 3 is 2.32 bits per heavy atom. The van der Waals surface area contributed by atoms with Gasteiger partial charge in [-0.25, -0.2) is 4.79 Å². The van der Waals surface area contributed by atoms with E-state index in [-0.39, 0.29) is 22.5 Å². The van der Waals surface area contributed by atoms with Crippen LogP contribution in [0.2, 0.25) is 10.0 Å². The third-order valence-electron chi connectivity index (χ3n) is 2.24. The number of carbonyl (C=O) groups is 2. The molecule has 1 aromatic rings. The molecule has 1 aromatic carbocycles. The Labute approximate surface area is 122 Å². The summed E-state index contributed by atoms with van der Waals surface area (Å²) in [6.45, 7) is 5.16. The van der Waals surface area contributed by atoms with Gasteiger partial charge in [-0.1, -0.05) is 23.2 Å². The van der Waals surface area contributed by atoms with E-state index in [1.54, 1.807) is 0 Å². The molecule has 0 aliphatic rings. The van der Waals surface area contributed by atoms with E-state index < -0.39 is 12.1 Å². The van der Waals surface area contributed by atoms with E-state index in [1.807, 2.05) is 13.8 Å². The number of ether oxygens (including phenoxy) is 1. The summed E-state index contributed by atoms with van der Waals surface area (Å²) < 4.78 is 5.04. The molecule has 0 saturated heterocycles. The molecule has 104 valence electrons. The Morgan fingerprint density at radius 2 is 1.79 bits per heavy atom. The third-order valence-corrected chi connectivity index (χ3v) is 2.98. The predicted octanol–water partition coefficient (Wildman–Crippen LogP) is 3.06. The van der Waals surface area contributed by atoms with Gasteiger partial charge in [-0.15, -0.1) is 0 Å². The van der Waals surface area contributed by atoms with E-state index in [9.17, 15) is 9.59 Å². The van der Waals surface area contributed by atoms with Crippen molar-refractivity contribution in [1.82, 2.24) is 5.32 Å². The van der Waals surface area contributed by atoms with E-state index in [0.29, 0.717) is 5.02 Å². The predicted molar refractivity (Wildman–Crippen MR) is 74.6 cm³/mol. The highest BCUT2D eigenvalue weighted by molar-refractivity contribution is 6.42. The molecule has 0 saturated carbocycles.